The molecule has 0 N–H and O–H groups in total. The Hall–Kier alpha value is -3.00. The van der Waals surface area contributed by atoms with Gasteiger partial charge in [0.2, 0.25) is 5.78 Å². The van der Waals surface area contributed by atoms with Crippen molar-refractivity contribution in [1.29, 1.82) is 5.26 Å². The van der Waals surface area contributed by atoms with Gasteiger partial charge >= 0.3 is 6.61 Å². The van der Waals surface area contributed by atoms with Crippen LogP contribution in [-0.4, -0.2) is 12.4 Å². The lowest BCUT2D eigenvalue weighted by molar-refractivity contribution is -0.0498. The molecule has 0 fully saturated rings. The first-order valence-electron chi connectivity index (χ1n) is 6.36. The molecular weight excluding hydrogens is 288 g/mol. The Balaban J connectivity index is 2.22. The Bertz CT molecular complexity index is 717. The molecule has 0 unspecified atom stereocenters. The molecule has 0 bridgehead atoms. The SMILES string of the molecule is N#C/C(=C\c1ccc(OC(F)F)cc1)C(=O)c1ccccc1. The lowest BCUT2D eigenvalue weighted by atomic mass is 10.0. The molecule has 0 aliphatic carbocycles. The van der Waals surface area contributed by atoms with E-state index in [4.69, 9.17) is 5.26 Å². The molecule has 5 heteroatoms. The zero-order valence-corrected chi connectivity index (χ0v) is 11.4. The van der Waals surface area contributed by atoms with Gasteiger partial charge in [-0.3, -0.25) is 4.79 Å². The highest BCUT2D eigenvalue weighted by Crippen LogP contribution is 2.18. The standard InChI is InChI=1S/C17H11F2NO2/c18-17(19)22-15-8-6-12(7-9-15)10-14(11-20)16(21)13-4-2-1-3-5-13/h1-10,17H/b14-10+. The summed E-state index contributed by atoms with van der Waals surface area (Å²) in [5, 5.41) is 9.13. The van der Waals surface area contributed by atoms with Crippen LogP contribution in [0, 0.1) is 11.3 Å². The number of carbonyl (C=O) groups excluding carboxylic acids is 1. The quantitative estimate of drug-likeness (QED) is 0.475. The van der Waals surface area contributed by atoms with Gasteiger partial charge in [-0.2, -0.15) is 14.0 Å². The van der Waals surface area contributed by atoms with Crippen LogP contribution in [0.25, 0.3) is 6.08 Å². The fourth-order valence-electron chi connectivity index (χ4n) is 1.81. The highest BCUT2D eigenvalue weighted by atomic mass is 19.3. The molecule has 3 nitrogen and oxygen atoms in total. The van der Waals surface area contributed by atoms with Crippen molar-refractivity contribution < 1.29 is 18.3 Å². The second-order valence-electron chi connectivity index (χ2n) is 4.31. The van der Waals surface area contributed by atoms with Gasteiger partial charge in [-0.25, -0.2) is 0 Å². The number of nitrogens with zero attached hydrogens (tertiary/aromatic N) is 1. The van der Waals surface area contributed by atoms with E-state index in [1.807, 2.05) is 6.07 Å². The summed E-state index contributed by atoms with van der Waals surface area (Å²) in [6, 6.07) is 16.0. The van der Waals surface area contributed by atoms with Gasteiger partial charge in [0.05, 0.1) is 0 Å². The molecule has 0 aromatic heterocycles. The van der Waals surface area contributed by atoms with E-state index in [1.165, 1.54) is 30.3 Å². The summed E-state index contributed by atoms with van der Waals surface area (Å²) in [6.07, 6.45) is 1.40. The number of benzene rings is 2. The largest absolute Gasteiger partial charge is 0.435 e. The molecule has 0 radical (unpaired) electrons. The van der Waals surface area contributed by atoms with Gasteiger partial charge in [0.15, 0.2) is 0 Å². The molecule has 2 aromatic rings. The number of Topliss-reactive ketones (excluding diaryl/α,β-unsaturated/α-hetero) is 1. The van der Waals surface area contributed by atoms with E-state index >= 15 is 0 Å². The van der Waals surface area contributed by atoms with Gasteiger partial charge < -0.3 is 4.74 Å². The Morgan fingerprint density at radius 3 is 2.27 bits per heavy atom. The minimum absolute atomic E-state index is 0.0139. The van der Waals surface area contributed by atoms with Crippen LogP contribution in [0.4, 0.5) is 8.78 Å². The lowest BCUT2D eigenvalue weighted by Gasteiger charge is -2.04. The van der Waals surface area contributed by atoms with Crippen LogP contribution in [0.5, 0.6) is 5.75 Å². The Morgan fingerprint density at radius 2 is 1.73 bits per heavy atom. The molecule has 0 spiro atoms. The second kappa shape index (κ2) is 7.14. The van der Waals surface area contributed by atoms with Crippen LogP contribution in [-0.2, 0) is 0 Å². The molecule has 2 aromatic carbocycles. The second-order valence-corrected chi connectivity index (χ2v) is 4.31. The average Bonchev–Trinajstić information content (AvgIpc) is 2.54. The summed E-state index contributed by atoms with van der Waals surface area (Å²) >= 11 is 0. The lowest BCUT2D eigenvalue weighted by Crippen LogP contribution is -2.02. The molecule has 0 heterocycles. The van der Waals surface area contributed by atoms with Crippen LogP contribution in [0.2, 0.25) is 0 Å². The maximum absolute atomic E-state index is 12.2. The van der Waals surface area contributed by atoms with Crippen LogP contribution in [0.15, 0.2) is 60.2 Å². The predicted molar refractivity (Wildman–Crippen MR) is 77.4 cm³/mol. The van der Waals surface area contributed by atoms with Crippen molar-refractivity contribution in [1.82, 2.24) is 0 Å². The van der Waals surface area contributed by atoms with Gasteiger partial charge in [-0.1, -0.05) is 42.5 Å². The number of carbonyl (C=O) groups is 1. The number of hydrogen-bond acceptors (Lipinski definition) is 3. The van der Waals surface area contributed by atoms with Crippen molar-refractivity contribution in [2.24, 2.45) is 0 Å². The number of nitriles is 1. The van der Waals surface area contributed by atoms with Crippen LogP contribution in [0.3, 0.4) is 0 Å². The van der Waals surface area contributed by atoms with Crippen LogP contribution < -0.4 is 4.74 Å². The number of rotatable bonds is 5. The van der Waals surface area contributed by atoms with Crippen molar-refractivity contribution in [3.05, 3.63) is 71.3 Å². The molecule has 2 rings (SSSR count). The van der Waals surface area contributed by atoms with Gasteiger partial charge in [0.25, 0.3) is 0 Å². The van der Waals surface area contributed by atoms with E-state index in [9.17, 15) is 13.6 Å². The fraction of sp³-hybridized carbons (Fsp3) is 0.0588. The molecule has 0 aliphatic heterocycles. The summed E-state index contributed by atoms with van der Waals surface area (Å²) in [5.74, 6) is -0.379. The van der Waals surface area contributed by atoms with E-state index in [-0.39, 0.29) is 11.3 Å². The highest BCUT2D eigenvalue weighted by Gasteiger charge is 2.11. The van der Waals surface area contributed by atoms with Gasteiger partial charge in [0, 0.05) is 5.56 Å². The maximum atomic E-state index is 12.2. The zero-order chi connectivity index (χ0) is 15.9. The Kier molecular flexibility index (Phi) is 4.99. The highest BCUT2D eigenvalue weighted by molar-refractivity contribution is 6.13. The first-order chi connectivity index (χ1) is 10.6. The molecule has 0 atom stereocenters. The minimum Gasteiger partial charge on any atom is -0.435 e. The molecule has 0 saturated carbocycles. The van der Waals surface area contributed by atoms with E-state index < -0.39 is 12.4 Å². The zero-order valence-electron chi connectivity index (χ0n) is 11.4. The number of allylic oxidation sites excluding steroid dienone is 1. The van der Waals surface area contributed by atoms with Gasteiger partial charge in [-0.05, 0) is 23.8 Å². The Morgan fingerprint density at radius 1 is 1.09 bits per heavy atom. The number of ether oxygens (including phenoxy) is 1. The minimum atomic E-state index is -2.89. The van der Waals surface area contributed by atoms with Crippen molar-refractivity contribution in [2.45, 2.75) is 6.61 Å². The smallest absolute Gasteiger partial charge is 0.387 e. The van der Waals surface area contributed by atoms with Crippen LogP contribution in [0.1, 0.15) is 15.9 Å². The number of alkyl halides is 2. The van der Waals surface area contributed by atoms with E-state index in [0.717, 1.165) is 0 Å². The molecule has 110 valence electrons. The van der Waals surface area contributed by atoms with Crippen molar-refractivity contribution in [3.8, 4) is 11.8 Å². The summed E-state index contributed by atoms with van der Waals surface area (Å²) in [5.41, 5.74) is 0.920. The van der Waals surface area contributed by atoms with Crippen molar-refractivity contribution in [2.75, 3.05) is 0 Å². The molecule has 0 amide bonds. The van der Waals surface area contributed by atoms with Crippen LogP contribution >= 0.6 is 0 Å². The van der Waals surface area contributed by atoms with E-state index in [1.54, 1.807) is 30.3 Å². The fourth-order valence-corrected chi connectivity index (χ4v) is 1.81. The number of hydrogen-bond donors (Lipinski definition) is 0. The van der Waals surface area contributed by atoms with E-state index in [2.05, 4.69) is 4.74 Å². The van der Waals surface area contributed by atoms with Crippen molar-refractivity contribution in [3.63, 3.8) is 0 Å². The Labute approximate surface area is 126 Å². The van der Waals surface area contributed by atoms with Crippen molar-refractivity contribution >= 4 is 11.9 Å². The third kappa shape index (κ3) is 4.00. The molecule has 22 heavy (non-hydrogen) atoms. The molecular formula is C17H11F2NO2. The summed E-state index contributed by atoms with van der Waals surface area (Å²) in [6.45, 7) is -2.89. The summed E-state index contributed by atoms with van der Waals surface area (Å²) < 4.78 is 28.3. The number of ketones is 1. The third-order valence-corrected chi connectivity index (χ3v) is 2.82. The van der Waals surface area contributed by atoms with E-state index in [0.29, 0.717) is 11.1 Å². The molecule has 0 saturated heterocycles. The van der Waals surface area contributed by atoms with Gasteiger partial charge in [0.1, 0.15) is 17.4 Å². The first-order valence-corrected chi connectivity index (χ1v) is 6.36. The topological polar surface area (TPSA) is 50.1 Å². The first kappa shape index (κ1) is 15.4. The number of halogens is 2. The third-order valence-electron chi connectivity index (χ3n) is 2.82. The normalized spacial score (nSPS) is 11.1. The predicted octanol–water partition coefficient (Wildman–Crippen LogP) is 4.08. The monoisotopic (exact) mass is 299 g/mol. The summed E-state index contributed by atoms with van der Waals surface area (Å²) in [7, 11) is 0. The molecule has 0 aliphatic rings. The van der Waals surface area contributed by atoms with Gasteiger partial charge in [-0.15, -0.1) is 0 Å². The average molecular weight is 299 g/mol. The summed E-state index contributed by atoms with van der Waals surface area (Å²) in [4.78, 5) is 12.2. The maximum Gasteiger partial charge on any atom is 0.387 e.